The number of carbonyl (C=O) groups is 2. The Hall–Kier alpha value is -1.30. The summed E-state index contributed by atoms with van der Waals surface area (Å²) in [6, 6.07) is 1.36. The second kappa shape index (κ2) is 6.75. The third-order valence-corrected chi connectivity index (χ3v) is 3.39. The highest BCUT2D eigenvalue weighted by Crippen LogP contribution is 2.16. The van der Waals surface area contributed by atoms with Gasteiger partial charge in [0.05, 0.1) is 6.42 Å². The number of carboxylic acid groups (broad SMARTS) is 1. The molecule has 1 aromatic heterocycles. The van der Waals surface area contributed by atoms with E-state index in [2.05, 4.69) is 21.2 Å². The molecule has 1 rings (SSSR count). The van der Waals surface area contributed by atoms with Crippen LogP contribution in [-0.4, -0.2) is 27.6 Å². The Morgan fingerprint density at radius 3 is 2.58 bits per heavy atom. The summed E-state index contributed by atoms with van der Waals surface area (Å²) in [6.45, 7) is 6.41. The highest BCUT2D eigenvalue weighted by atomic mass is 79.9. The van der Waals surface area contributed by atoms with E-state index < -0.39 is 5.97 Å². The molecule has 0 aliphatic heterocycles. The van der Waals surface area contributed by atoms with Crippen molar-refractivity contribution in [3.05, 3.63) is 22.4 Å². The molecule has 0 aliphatic carbocycles. The second-order valence-electron chi connectivity index (χ2n) is 4.75. The van der Waals surface area contributed by atoms with Crippen molar-refractivity contribution in [2.24, 2.45) is 5.92 Å². The third kappa shape index (κ3) is 4.38. The number of carbonyl (C=O) groups excluding carboxylic acids is 1. The van der Waals surface area contributed by atoms with Gasteiger partial charge in [0, 0.05) is 23.3 Å². The van der Waals surface area contributed by atoms with E-state index in [9.17, 15) is 9.59 Å². The van der Waals surface area contributed by atoms with Crippen LogP contribution in [-0.2, 0) is 11.3 Å². The average molecular weight is 331 g/mol. The fourth-order valence-corrected chi connectivity index (χ4v) is 2.27. The molecule has 1 aromatic rings. The first-order valence-electron chi connectivity index (χ1n) is 6.23. The molecule has 2 N–H and O–H groups in total. The van der Waals surface area contributed by atoms with Crippen LogP contribution < -0.4 is 5.32 Å². The maximum absolute atomic E-state index is 12.2. The van der Waals surface area contributed by atoms with Gasteiger partial charge in [0.15, 0.2) is 0 Å². The Balaban J connectivity index is 2.84. The summed E-state index contributed by atoms with van der Waals surface area (Å²) >= 11 is 3.33. The predicted octanol–water partition coefficient (Wildman–Crippen LogP) is 2.50. The van der Waals surface area contributed by atoms with Crippen LogP contribution in [0.25, 0.3) is 0 Å². The van der Waals surface area contributed by atoms with Crippen LogP contribution in [0, 0.1) is 5.92 Å². The molecule has 6 heteroatoms. The number of nitrogens with one attached hydrogen (secondary N) is 1. The summed E-state index contributed by atoms with van der Waals surface area (Å²) in [5.41, 5.74) is 0.533. The molecule has 1 amide bonds. The van der Waals surface area contributed by atoms with E-state index in [4.69, 9.17) is 5.11 Å². The molecule has 1 unspecified atom stereocenters. The monoisotopic (exact) mass is 330 g/mol. The molecule has 0 saturated heterocycles. The van der Waals surface area contributed by atoms with E-state index in [1.807, 2.05) is 31.5 Å². The van der Waals surface area contributed by atoms with E-state index in [0.717, 1.165) is 4.47 Å². The van der Waals surface area contributed by atoms with Gasteiger partial charge in [-0.2, -0.15) is 0 Å². The smallest absolute Gasteiger partial charge is 0.305 e. The SMILES string of the molecule is CCn1cc(Br)cc1C(=O)NC(CC(=O)O)C(C)C. The van der Waals surface area contributed by atoms with Crippen LogP contribution in [0.5, 0.6) is 0 Å². The molecule has 0 aromatic carbocycles. The van der Waals surface area contributed by atoms with E-state index in [1.165, 1.54) is 0 Å². The summed E-state index contributed by atoms with van der Waals surface area (Å²) in [6.07, 6.45) is 1.76. The molecule has 0 saturated carbocycles. The Bertz CT molecular complexity index is 468. The predicted molar refractivity (Wildman–Crippen MR) is 76.2 cm³/mol. The molecule has 0 radical (unpaired) electrons. The fourth-order valence-electron chi connectivity index (χ4n) is 1.81. The van der Waals surface area contributed by atoms with Crippen LogP contribution in [0.2, 0.25) is 0 Å². The summed E-state index contributed by atoms with van der Waals surface area (Å²) < 4.78 is 2.65. The fraction of sp³-hybridized carbons (Fsp3) is 0.538. The lowest BCUT2D eigenvalue weighted by molar-refractivity contribution is -0.137. The normalized spacial score (nSPS) is 12.5. The Morgan fingerprint density at radius 1 is 1.47 bits per heavy atom. The van der Waals surface area contributed by atoms with E-state index in [-0.39, 0.29) is 24.3 Å². The lowest BCUT2D eigenvalue weighted by Crippen LogP contribution is -2.40. The first-order chi connectivity index (χ1) is 8.85. The van der Waals surface area contributed by atoms with Gasteiger partial charge in [0.1, 0.15) is 5.69 Å². The minimum Gasteiger partial charge on any atom is -0.481 e. The number of hydrogen-bond donors (Lipinski definition) is 2. The first kappa shape index (κ1) is 15.8. The lowest BCUT2D eigenvalue weighted by Gasteiger charge is -2.20. The van der Waals surface area contributed by atoms with Crippen molar-refractivity contribution in [3.63, 3.8) is 0 Å². The molecule has 0 fully saturated rings. The number of nitrogens with zero attached hydrogens (tertiary/aromatic N) is 1. The third-order valence-electron chi connectivity index (χ3n) is 2.95. The summed E-state index contributed by atoms with van der Waals surface area (Å²) in [5, 5.41) is 11.6. The first-order valence-corrected chi connectivity index (χ1v) is 7.02. The van der Waals surface area contributed by atoms with Gasteiger partial charge in [-0.05, 0) is 34.8 Å². The van der Waals surface area contributed by atoms with E-state index in [1.54, 1.807) is 6.07 Å². The molecule has 0 spiro atoms. The van der Waals surface area contributed by atoms with Crippen molar-refractivity contribution in [2.75, 3.05) is 0 Å². The molecule has 5 nitrogen and oxygen atoms in total. The zero-order valence-electron chi connectivity index (χ0n) is 11.3. The summed E-state index contributed by atoms with van der Waals surface area (Å²) in [5.74, 6) is -1.09. The van der Waals surface area contributed by atoms with Gasteiger partial charge in [0.25, 0.3) is 5.91 Å². The van der Waals surface area contributed by atoms with Crippen molar-refractivity contribution in [3.8, 4) is 0 Å². The molecule has 0 bridgehead atoms. The Kier molecular flexibility index (Phi) is 5.60. The molecule has 0 aliphatic rings. The molecular weight excluding hydrogens is 312 g/mol. The zero-order valence-corrected chi connectivity index (χ0v) is 12.9. The van der Waals surface area contributed by atoms with Gasteiger partial charge in [-0.25, -0.2) is 0 Å². The molecular formula is C13H19BrN2O3. The molecule has 19 heavy (non-hydrogen) atoms. The molecule has 106 valence electrons. The van der Waals surface area contributed by atoms with E-state index >= 15 is 0 Å². The van der Waals surface area contributed by atoms with Crippen LogP contribution in [0.4, 0.5) is 0 Å². The van der Waals surface area contributed by atoms with Crippen molar-refractivity contribution < 1.29 is 14.7 Å². The number of amides is 1. The standard InChI is InChI=1S/C13H19BrN2O3/c1-4-16-7-9(14)5-11(16)13(19)15-10(8(2)3)6-12(17)18/h5,7-8,10H,4,6H2,1-3H3,(H,15,19)(H,17,18). The minimum atomic E-state index is -0.911. The maximum atomic E-state index is 12.2. The zero-order chi connectivity index (χ0) is 14.6. The van der Waals surface area contributed by atoms with Gasteiger partial charge in [-0.1, -0.05) is 13.8 Å². The second-order valence-corrected chi connectivity index (χ2v) is 5.67. The Morgan fingerprint density at radius 2 is 2.11 bits per heavy atom. The van der Waals surface area contributed by atoms with Gasteiger partial charge in [-0.3, -0.25) is 9.59 Å². The van der Waals surface area contributed by atoms with Crippen molar-refractivity contribution in [2.45, 2.75) is 39.8 Å². The van der Waals surface area contributed by atoms with Gasteiger partial charge < -0.3 is 15.0 Å². The minimum absolute atomic E-state index is 0.0635. The molecule has 1 heterocycles. The molecule has 1 atom stereocenters. The number of aliphatic carboxylic acids is 1. The number of halogens is 1. The number of aromatic nitrogens is 1. The lowest BCUT2D eigenvalue weighted by atomic mass is 10.0. The van der Waals surface area contributed by atoms with Crippen molar-refractivity contribution in [1.82, 2.24) is 9.88 Å². The van der Waals surface area contributed by atoms with Crippen molar-refractivity contribution >= 4 is 27.8 Å². The largest absolute Gasteiger partial charge is 0.481 e. The maximum Gasteiger partial charge on any atom is 0.305 e. The van der Waals surface area contributed by atoms with Crippen LogP contribution in [0.1, 0.15) is 37.7 Å². The Labute approximate surface area is 121 Å². The van der Waals surface area contributed by atoms with Crippen molar-refractivity contribution in [1.29, 1.82) is 0 Å². The summed E-state index contributed by atoms with van der Waals surface area (Å²) in [7, 11) is 0. The average Bonchev–Trinajstić information content (AvgIpc) is 2.68. The number of rotatable bonds is 6. The van der Waals surface area contributed by atoms with Gasteiger partial charge in [-0.15, -0.1) is 0 Å². The van der Waals surface area contributed by atoms with Gasteiger partial charge >= 0.3 is 5.97 Å². The highest BCUT2D eigenvalue weighted by Gasteiger charge is 2.21. The van der Waals surface area contributed by atoms with Crippen LogP contribution in [0.15, 0.2) is 16.7 Å². The van der Waals surface area contributed by atoms with Crippen LogP contribution in [0.3, 0.4) is 0 Å². The van der Waals surface area contributed by atoms with Crippen LogP contribution >= 0.6 is 15.9 Å². The number of aryl methyl sites for hydroxylation is 1. The van der Waals surface area contributed by atoms with Gasteiger partial charge in [0.2, 0.25) is 0 Å². The number of hydrogen-bond acceptors (Lipinski definition) is 2. The topological polar surface area (TPSA) is 71.3 Å². The summed E-state index contributed by atoms with van der Waals surface area (Å²) in [4.78, 5) is 23.0. The quantitative estimate of drug-likeness (QED) is 0.841. The van der Waals surface area contributed by atoms with E-state index in [0.29, 0.717) is 12.2 Å². The number of carboxylic acids is 1. The highest BCUT2D eigenvalue weighted by molar-refractivity contribution is 9.10.